The van der Waals surface area contributed by atoms with Gasteiger partial charge >= 0.3 is 0 Å². The van der Waals surface area contributed by atoms with Gasteiger partial charge in [-0.15, -0.1) is 0 Å². The molecule has 1 aromatic rings. The summed E-state index contributed by atoms with van der Waals surface area (Å²) in [6.45, 7) is 2.54. The van der Waals surface area contributed by atoms with Crippen LogP contribution in [-0.2, 0) is 0 Å². The molecule has 0 spiro atoms. The van der Waals surface area contributed by atoms with Crippen LogP contribution in [0.5, 0.6) is 5.75 Å². The molecule has 0 amide bonds. The van der Waals surface area contributed by atoms with Crippen LogP contribution in [0.2, 0.25) is 0 Å². The number of methoxy groups -OCH3 is 1. The maximum atomic E-state index is 10.9. The largest absolute Gasteiger partial charge is 0.496 e. The van der Waals surface area contributed by atoms with Gasteiger partial charge in [-0.3, -0.25) is 0 Å². The Morgan fingerprint density at radius 2 is 1.95 bits per heavy atom. The molecule has 3 heteroatoms. The smallest absolute Gasteiger partial charge is 0.122 e. The van der Waals surface area contributed by atoms with Crippen molar-refractivity contribution in [1.29, 1.82) is 0 Å². The normalized spacial score (nSPS) is 30.4. The van der Waals surface area contributed by atoms with Gasteiger partial charge < -0.3 is 15.6 Å². The molecule has 0 saturated heterocycles. The van der Waals surface area contributed by atoms with Crippen LogP contribution in [0.15, 0.2) is 18.2 Å². The van der Waals surface area contributed by atoms with Crippen molar-refractivity contribution in [1.82, 2.24) is 0 Å². The first-order chi connectivity index (χ1) is 10.2. The molecule has 4 unspecified atom stereocenters. The van der Waals surface area contributed by atoms with E-state index in [1.54, 1.807) is 7.11 Å². The molecule has 0 aliphatic heterocycles. The molecule has 2 fully saturated rings. The van der Waals surface area contributed by atoms with Crippen molar-refractivity contribution in [2.24, 2.45) is 23.5 Å². The zero-order chi connectivity index (χ0) is 15.0. The second-order valence-electron chi connectivity index (χ2n) is 6.77. The van der Waals surface area contributed by atoms with Gasteiger partial charge in [-0.2, -0.15) is 0 Å². The average molecular weight is 289 g/mol. The molecular formula is C18H27NO2. The molecule has 3 nitrogen and oxygen atoms in total. The van der Waals surface area contributed by atoms with E-state index in [4.69, 9.17) is 10.5 Å². The third-order valence-corrected chi connectivity index (χ3v) is 5.57. The maximum absolute atomic E-state index is 10.9. The summed E-state index contributed by atoms with van der Waals surface area (Å²) in [5.74, 6) is 2.75. The predicted molar refractivity (Wildman–Crippen MR) is 84.5 cm³/mol. The van der Waals surface area contributed by atoms with Crippen molar-refractivity contribution in [2.45, 2.75) is 44.6 Å². The van der Waals surface area contributed by atoms with Gasteiger partial charge in [0.25, 0.3) is 0 Å². The summed E-state index contributed by atoms with van der Waals surface area (Å²) < 4.78 is 5.49. The molecule has 4 atom stereocenters. The second kappa shape index (κ2) is 5.98. The molecular weight excluding hydrogens is 262 g/mol. The van der Waals surface area contributed by atoms with Gasteiger partial charge in [0.2, 0.25) is 0 Å². The van der Waals surface area contributed by atoms with Gasteiger partial charge in [0.1, 0.15) is 5.75 Å². The summed E-state index contributed by atoms with van der Waals surface area (Å²) in [5, 5.41) is 10.9. The summed E-state index contributed by atoms with van der Waals surface area (Å²) in [6.07, 6.45) is 4.89. The molecule has 2 aliphatic rings. The Morgan fingerprint density at radius 3 is 2.52 bits per heavy atom. The van der Waals surface area contributed by atoms with Gasteiger partial charge in [0.05, 0.1) is 13.2 Å². The topological polar surface area (TPSA) is 55.5 Å². The van der Waals surface area contributed by atoms with E-state index in [1.807, 2.05) is 12.1 Å². The van der Waals surface area contributed by atoms with E-state index in [0.717, 1.165) is 23.1 Å². The maximum Gasteiger partial charge on any atom is 0.122 e. The minimum absolute atomic E-state index is 0.0181. The van der Waals surface area contributed by atoms with E-state index < -0.39 is 0 Å². The molecule has 2 aliphatic carbocycles. The van der Waals surface area contributed by atoms with Crippen LogP contribution in [0.3, 0.4) is 0 Å². The summed E-state index contributed by atoms with van der Waals surface area (Å²) >= 11 is 0. The first-order valence-corrected chi connectivity index (χ1v) is 8.20. The Bertz CT molecular complexity index is 490. The van der Waals surface area contributed by atoms with Crippen LogP contribution in [0, 0.1) is 24.7 Å². The lowest BCUT2D eigenvalue weighted by atomic mass is 9.88. The molecule has 1 aromatic carbocycles. The number of fused-ring (bicyclic) bond motifs is 1. The van der Waals surface area contributed by atoms with Gasteiger partial charge in [0.15, 0.2) is 0 Å². The Morgan fingerprint density at radius 1 is 1.29 bits per heavy atom. The monoisotopic (exact) mass is 289 g/mol. The third-order valence-electron chi connectivity index (χ3n) is 5.57. The Hall–Kier alpha value is -1.06. The van der Waals surface area contributed by atoms with E-state index in [9.17, 15) is 5.11 Å². The van der Waals surface area contributed by atoms with E-state index in [2.05, 4.69) is 13.0 Å². The molecule has 3 N–H and O–H groups in total. The van der Waals surface area contributed by atoms with E-state index in [1.165, 1.54) is 31.2 Å². The lowest BCUT2D eigenvalue weighted by molar-refractivity contribution is 0.111. The predicted octanol–water partition coefficient (Wildman–Crippen LogP) is 2.84. The Kier molecular flexibility index (Phi) is 4.23. The third kappa shape index (κ3) is 2.69. The van der Waals surface area contributed by atoms with Crippen LogP contribution in [0.25, 0.3) is 0 Å². The van der Waals surface area contributed by atoms with Crippen molar-refractivity contribution in [3.8, 4) is 5.75 Å². The fourth-order valence-corrected chi connectivity index (χ4v) is 4.42. The highest BCUT2D eigenvalue weighted by Crippen LogP contribution is 2.58. The number of hydrogen-bond donors (Lipinski definition) is 2. The zero-order valence-corrected chi connectivity index (χ0v) is 13.1. The number of rotatable bonds is 5. The van der Waals surface area contributed by atoms with E-state index in [-0.39, 0.29) is 12.0 Å². The van der Waals surface area contributed by atoms with Gasteiger partial charge in [-0.25, -0.2) is 0 Å². The standard InChI is InChI=1S/C18H27NO2/c1-11-7-8-16(21-2)14(9-11)15(10-19)18(20)17-12-5-3-4-6-13(12)17/h7-9,12-13,15,17-18,20H,3-6,10,19H2,1-2H3. The van der Waals surface area contributed by atoms with Crippen LogP contribution in [-0.4, -0.2) is 24.9 Å². The van der Waals surface area contributed by atoms with Crippen LogP contribution in [0.1, 0.15) is 42.7 Å². The Labute approximate surface area is 127 Å². The van der Waals surface area contributed by atoms with Crippen LogP contribution < -0.4 is 10.5 Å². The van der Waals surface area contributed by atoms with Gasteiger partial charge in [-0.1, -0.05) is 30.5 Å². The second-order valence-corrected chi connectivity index (χ2v) is 6.77. The first-order valence-electron chi connectivity index (χ1n) is 8.20. The number of ether oxygens (including phenoxy) is 1. The number of aliphatic hydroxyl groups is 1. The number of aryl methyl sites for hydroxylation is 1. The quantitative estimate of drug-likeness (QED) is 0.876. The number of aliphatic hydroxyl groups excluding tert-OH is 1. The zero-order valence-electron chi connectivity index (χ0n) is 13.1. The van der Waals surface area contributed by atoms with Crippen molar-refractivity contribution in [3.05, 3.63) is 29.3 Å². The van der Waals surface area contributed by atoms with Gasteiger partial charge in [-0.05, 0) is 43.6 Å². The SMILES string of the molecule is COc1ccc(C)cc1C(CN)C(O)C1C2CCCCC21. The van der Waals surface area contributed by atoms with Crippen molar-refractivity contribution < 1.29 is 9.84 Å². The summed E-state index contributed by atoms with van der Waals surface area (Å²) in [5.41, 5.74) is 8.27. The molecule has 116 valence electrons. The van der Waals surface area contributed by atoms with Crippen LogP contribution >= 0.6 is 0 Å². The average Bonchev–Trinajstić information content (AvgIpc) is 3.22. The van der Waals surface area contributed by atoms with Crippen molar-refractivity contribution in [3.63, 3.8) is 0 Å². The lowest BCUT2D eigenvalue weighted by Crippen LogP contribution is -2.29. The molecule has 21 heavy (non-hydrogen) atoms. The van der Waals surface area contributed by atoms with Crippen LogP contribution in [0.4, 0.5) is 0 Å². The highest BCUT2D eigenvalue weighted by molar-refractivity contribution is 5.40. The molecule has 0 heterocycles. The summed E-state index contributed by atoms with van der Waals surface area (Å²) in [4.78, 5) is 0. The molecule has 0 bridgehead atoms. The molecule has 0 radical (unpaired) electrons. The summed E-state index contributed by atoms with van der Waals surface area (Å²) in [7, 11) is 1.69. The lowest BCUT2D eigenvalue weighted by Gasteiger charge is -2.24. The molecule has 0 aromatic heterocycles. The minimum atomic E-state index is -0.334. The Balaban J connectivity index is 1.83. The van der Waals surface area contributed by atoms with E-state index in [0.29, 0.717) is 12.5 Å². The number of nitrogens with two attached hydrogens (primary N) is 1. The minimum Gasteiger partial charge on any atom is -0.496 e. The highest BCUT2D eigenvalue weighted by Gasteiger charge is 2.55. The summed E-state index contributed by atoms with van der Waals surface area (Å²) in [6, 6.07) is 6.14. The fraction of sp³-hybridized carbons (Fsp3) is 0.667. The van der Waals surface area contributed by atoms with Crippen molar-refractivity contribution in [2.75, 3.05) is 13.7 Å². The molecule has 2 saturated carbocycles. The molecule has 3 rings (SSSR count). The first kappa shape index (κ1) is 14.9. The van der Waals surface area contributed by atoms with Crippen molar-refractivity contribution >= 4 is 0 Å². The number of benzene rings is 1. The van der Waals surface area contributed by atoms with E-state index >= 15 is 0 Å². The fourth-order valence-electron chi connectivity index (χ4n) is 4.42. The number of hydrogen-bond acceptors (Lipinski definition) is 3. The van der Waals surface area contributed by atoms with Gasteiger partial charge in [0, 0.05) is 18.0 Å². The highest BCUT2D eigenvalue weighted by atomic mass is 16.5.